The SMILES string of the molecule is N#Cc1ccc(COc2c(F)cc(CCl)cc2F)cc1. The summed E-state index contributed by atoms with van der Waals surface area (Å²) in [6.07, 6.45) is 0. The van der Waals surface area contributed by atoms with Crippen LogP contribution in [-0.2, 0) is 12.5 Å². The summed E-state index contributed by atoms with van der Waals surface area (Å²) < 4.78 is 32.5. The molecular weight excluding hydrogens is 284 g/mol. The van der Waals surface area contributed by atoms with E-state index in [1.54, 1.807) is 24.3 Å². The normalized spacial score (nSPS) is 10.1. The molecule has 2 rings (SSSR count). The molecule has 0 aromatic heterocycles. The van der Waals surface area contributed by atoms with E-state index in [1.807, 2.05) is 6.07 Å². The van der Waals surface area contributed by atoms with Crippen molar-refractivity contribution in [3.8, 4) is 11.8 Å². The van der Waals surface area contributed by atoms with Crippen LogP contribution in [0.2, 0.25) is 0 Å². The van der Waals surface area contributed by atoms with Crippen LogP contribution in [0.5, 0.6) is 5.75 Å². The zero-order chi connectivity index (χ0) is 14.5. The third kappa shape index (κ3) is 3.25. The molecule has 0 N–H and O–H groups in total. The highest BCUT2D eigenvalue weighted by atomic mass is 35.5. The molecule has 0 unspecified atom stereocenters. The molecule has 0 saturated carbocycles. The van der Waals surface area contributed by atoms with E-state index in [0.29, 0.717) is 16.7 Å². The van der Waals surface area contributed by atoms with Gasteiger partial charge in [-0.05, 0) is 35.4 Å². The van der Waals surface area contributed by atoms with Crippen LogP contribution < -0.4 is 4.74 Å². The van der Waals surface area contributed by atoms with Crippen LogP contribution in [-0.4, -0.2) is 0 Å². The van der Waals surface area contributed by atoms with Crippen LogP contribution in [0.4, 0.5) is 8.78 Å². The Balaban J connectivity index is 2.12. The van der Waals surface area contributed by atoms with Gasteiger partial charge in [0.25, 0.3) is 0 Å². The molecule has 0 bridgehead atoms. The summed E-state index contributed by atoms with van der Waals surface area (Å²) in [5, 5.41) is 8.67. The van der Waals surface area contributed by atoms with Gasteiger partial charge in [0.15, 0.2) is 17.4 Å². The second kappa shape index (κ2) is 6.36. The van der Waals surface area contributed by atoms with Crippen LogP contribution >= 0.6 is 11.6 Å². The maximum Gasteiger partial charge on any atom is 0.191 e. The molecule has 0 saturated heterocycles. The van der Waals surface area contributed by atoms with Gasteiger partial charge in [-0.15, -0.1) is 11.6 Å². The molecule has 2 nitrogen and oxygen atoms in total. The number of alkyl halides is 1. The van der Waals surface area contributed by atoms with Crippen LogP contribution in [0.3, 0.4) is 0 Å². The Morgan fingerprint density at radius 3 is 2.15 bits per heavy atom. The average molecular weight is 294 g/mol. The van der Waals surface area contributed by atoms with E-state index < -0.39 is 17.4 Å². The number of nitriles is 1. The van der Waals surface area contributed by atoms with Gasteiger partial charge in [-0.3, -0.25) is 0 Å². The molecule has 0 aliphatic carbocycles. The van der Waals surface area contributed by atoms with Crippen LogP contribution in [0.25, 0.3) is 0 Å². The molecule has 0 radical (unpaired) electrons. The summed E-state index contributed by atoms with van der Waals surface area (Å²) in [5.41, 5.74) is 1.58. The monoisotopic (exact) mass is 293 g/mol. The number of halogens is 3. The summed E-state index contributed by atoms with van der Waals surface area (Å²) in [6.45, 7) is 0.0137. The number of nitrogens with zero attached hydrogens (tertiary/aromatic N) is 1. The van der Waals surface area contributed by atoms with Gasteiger partial charge in [0.1, 0.15) is 6.61 Å². The summed E-state index contributed by atoms with van der Waals surface area (Å²) >= 11 is 5.52. The lowest BCUT2D eigenvalue weighted by molar-refractivity contribution is 0.274. The van der Waals surface area contributed by atoms with E-state index in [4.69, 9.17) is 21.6 Å². The fourth-order valence-electron chi connectivity index (χ4n) is 1.66. The van der Waals surface area contributed by atoms with Gasteiger partial charge in [0, 0.05) is 5.88 Å². The van der Waals surface area contributed by atoms with E-state index in [-0.39, 0.29) is 12.5 Å². The first-order chi connectivity index (χ1) is 9.63. The predicted molar refractivity (Wildman–Crippen MR) is 71.4 cm³/mol. The number of hydrogen-bond donors (Lipinski definition) is 0. The molecule has 0 amide bonds. The zero-order valence-corrected chi connectivity index (χ0v) is 11.1. The topological polar surface area (TPSA) is 33.0 Å². The first-order valence-electron chi connectivity index (χ1n) is 5.79. The van der Waals surface area contributed by atoms with Crippen LogP contribution in [0.15, 0.2) is 36.4 Å². The minimum Gasteiger partial charge on any atom is -0.483 e. The van der Waals surface area contributed by atoms with Crippen molar-refractivity contribution in [3.63, 3.8) is 0 Å². The smallest absolute Gasteiger partial charge is 0.191 e. The Hall–Kier alpha value is -2.12. The second-order valence-electron chi connectivity index (χ2n) is 4.12. The molecule has 0 atom stereocenters. The minimum atomic E-state index is -0.783. The molecule has 0 aliphatic rings. The van der Waals surface area contributed by atoms with Gasteiger partial charge < -0.3 is 4.74 Å². The Bertz CT molecular complexity index is 627. The summed E-state index contributed by atoms with van der Waals surface area (Å²) in [7, 11) is 0. The van der Waals surface area contributed by atoms with Crippen LogP contribution in [0.1, 0.15) is 16.7 Å². The molecule has 0 fully saturated rings. The number of benzene rings is 2. The lowest BCUT2D eigenvalue weighted by Crippen LogP contribution is -2.01. The summed E-state index contributed by atoms with van der Waals surface area (Å²) in [6, 6.07) is 10.8. The maximum atomic E-state index is 13.7. The highest BCUT2D eigenvalue weighted by Gasteiger charge is 2.12. The average Bonchev–Trinajstić information content (AvgIpc) is 2.46. The molecule has 20 heavy (non-hydrogen) atoms. The van der Waals surface area contributed by atoms with Crippen molar-refractivity contribution < 1.29 is 13.5 Å². The quantitative estimate of drug-likeness (QED) is 0.793. The highest BCUT2D eigenvalue weighted by Crippen LogP contribution is 2.25. The first kappa shape index (κ1) is 14.3. The molecule has 0 heterocycles. The van der Waals surface area contributed by atoms with Crippen molar-refractivity contribution in [2.75, 3.05) is 0 Å². The maximum absolute atomic E-state index is 13.7. The summed E-state index contributed by atoms with van der Waals surface area (Å²) in [5.74, 6) is -1.96. The first-order valence-corrected chi connectivity index (χ1v) is 6.33. The highest BCUT2D eigenvalue weighted by molar-refractivity contribution is 6.17. The molecule has 0 aliphatic heterocycles. The standard InChI is InChI=1S/C15H10ClF2NO/c16-7-12-5-13(17)15(14(18)6-12)20-9-11-3-1-10(8-19)2-4-11/h1-6H,7,9H2. The number of hydrogen-bond acceptors (Lipinski definition) is 2. The Kier molecular flexibility index (Phi) is 4.54. The largest absolute Gasteiger partial charge is 0.483 e. The fraction of sp³-hybridized carbons (Fsp3) is 0.133. The van der Waals surface area contributed by atoms with Crippen molar-refractivity contribution in [1.82, 2.24) is 0 Å². The van der Waals surface area contributed by atoms with Gasteiger partial charge >= 0.3 is 0 Å². The third-order valence-electron chi connectivity index (χ3n) is 2.68. The van der Waals surface area contributed by atoms with Gasteiger partial charge in [-0.1, -0.05) is 12.1 Å². The van der Waals surface area contributed by atoms with Crippen LogP contribution in [0, 0.1) is 23.0 Å². The second-order valence-corrected chi connectivity index (χ2v) is 4.39. The zero-order valence-electron chi connectivity index (χ0n) is 10.4. The molecular formula is C15H10ClF2NO. The predicted octanol–water partition coefficient (Wildman–Crippen LogP) is 4.15. The van der Waals surface area contributed by atoms with Gasteiger partial charge in [0.2, 0.25) is 0 Å². The molecule has 2 aromatic carbocycles. The Labute approximate surface area is 120 Å². The summed E-state index contributed by atoms with van der Waals surface area (Å²) in [4.78, 5) is 0. The molecule has 2 aromatic rings. The number of rotatable bonds is 4. The molecule has 0 spiro atoms. The fourth-order valence-corrected chi connectivity index (χ4v) is 1.81. The van der Waals surface area contributed by atoms with E-state index in [2.05, 4.69) is 0 Å². The van der Waals surface area contributed by atoms with E-state index in [1.165, 1.54) is 0 Å². The van der Waals surface area contributed by atoms with Crippen molar-refractivity contribution >= 4 is 11.6 Å². The van der Waals surface area contributed by atoms with Crippen molar-refractivity contribution in [3.05, 3.63) is 64.7 Å². The Morgan fingerprint density at radius 1 is 1.05 bits per heavy atom. The lowest BCUT2D eigenvalue weighted by atomic mass is 10.1. The molecule has 5 heteroatoms. The third-order valence-corrected chi connectivity index (χ3v) is 2.99. The van der Waals surface area contributed by atoms with Crippen molar-refractivity contribution in [1.29, 1.82) is 5.26 Å². The minimum absolute atomic E-state index is 0.0137. The van der Waals surface area contributed by atoms with Gasteiger partial charge in [-0.25, -0.2) is 8.78 Å². The van der Waals surface area contributed by atoms with E-state index >= 15 is 0 Å². The van der Waals surface area contributed by atoms with Crippen molar-refractivity contribution in [2.45, 2.75) is 12.5 Å². The van der Waals surface area contributed by atoms with E-state index in [0.717, 1.165) is 12.1 Å². The van der Waals surface area contributed by atoms with Gasteiger partial charge in [0.05, 0.1) is 11.6 Å². The molecule has 102 valence electrons. The lowest BCUT2D eigenvalue weighted by Gasteiger charge is -2.09. The Morgan fingerprint density at radius 2 is 1.65 bits per heavy atom. The van der Waals surface area contributed by atoms with E-state index in [9.17, 15) is 8.78 Å². The number of ether oxygens (including phenoxy) is 1. The van der Waals surface area contributed by atoms with Gasteiger partial charge in [-0.2, -0.15) is 5.26 Å². The van der Waals surface area contributed by atoms with Crippen molar-refractivity contribution in [2.24, 2.45) is 0 Å².